The summed E-state index contributed by atoms with van der Waals surface area (Å²) >= 11 is 5.97. The van der Waals surface area contributed by atoms with Crippen LogP contribution in [-0.4, -0.2) is 23.9 Å². The molecule has 0 fully saturated rings. The summed E-state index contributed by atoms with van der Waals surface area (Å²) in [6, 6.07) is 25.4. The Kier molecular flexibility index (Phi) is 5.25. The summed E-state index contributed by atoms with van der Waals surface area (Å²) in [4.78, 5) is 2.14. The molecule has 1 atom stereocenters. The van der Waals surface area contributed by atoms with Gasteiger partial charge in [-0.25, -0.2) is 0 Å². The first-order valence-electron chi connectivity index (χ1n) is 9.13. The third-order valence-corrected chi connectivity index (χ3v) is 5.12. The number of aliphatic hydroxyl groups excluding tert-OH is 1. The van der Waals surface area contributed by atoms with Crippen LogP contribution in [0.2, 0.25) is 5.02 Å². The van der Waals surface area contributed by atoms with Crippen LogP contribution in [0.3, 0.4) is 0 Å². The lowest BCUT2D eigenvalue weighted by Crippen LogP contribution is -2.57. The molecule has 140 valence electrons. The fourth-order valence-electron chi connectivity index (χ4n) is 3.31. The fraction of sp³-hybridized carbons (Fsp3) is 0.167. The van der Waals surface area contributed by atoms with E-state index < -0.39 is 5.54 Å². The van der Waals surface area contributed by atoms with Crippen LogP contribution < -0.4 is 9.64 Å². The molecule has 0 aromatic heterocycles. The highest BCUT2D eigenvalue weighted by molar-refractivity contribution is 6.30. The van der Waals surface area contributed by atoms with Crippen molar-refractivity contribution in [1.82, 2.24) is 0 Å². The number of hydrogen-bond donors (Lipinski definition) is 1. The summed E-state index contributed by atoms with van der Waals surface area (Å²) in [5.74, 6) is 7.28. The molecule has 1 unspecified atom stereocenters. The lowest BCUT2D eigenvalue weighted by atomic mass is 9.95. The minimum Gasteiger partial charge on any atom is -0.488 e. The number of ether oxygens (including phenoxy) is 1. The van der Waals surface area contributed by atoms with Gasteiger partial charge in [0.1, 0.15) is 12.4 Å². The molecule has 1 aliphatic rings. The topological polar surface area (TPSA) is 32.7 Å². The van der Waals surface area contributed by atoms with Gasteiger partial charge in [0, 0.05) is 17.1 Å². The first-order chi connectivity index (χ1) is 13.7. The van der Waals surface area contributed by atoms with E-state index in [1.165, 1.54) is 0 Å². The average molecular weight is 390 g/mol. The monoisotopic (exact) mass is 389 g/mol. The van der Waals surface area contributed by atoms with Crippen LogP contribution in [0.15, 0.2) is 78.9 Å². The average Bonchev–Trinajstić information content (AvgIpc) is 2.75. The number of anilines is 1. The number of hydrogen-bond acceptors (Lipinski definition) is 3. The van der Waals surface area contributed by atoms with E-state index in [9.17, 15) is 5.11 Å². The molecule has 0 bridgehead atoms. The maximum Gasteiger partial charge on any atom is 0.160 e. The summed E-state index contributed by atoms with van der Waals surface area (Å²) in [5, 5.41) is 11.1. The maximum atomic E-state index is 10.4. The van der Waals surface area contributed by atoms with E-state index in [4.69, 9.17) is 16.3 Å². The molecule has 1 heterocycles. The van der Waals surface area contributed by atoms with Gasteiger partial charge in [0.2, 0.25) is 0 Å². The van der Waals surface area contributed by atoms with Crippen LogP contribution in [0.1, 0.15) is 11.1 Å². The molecule has 4 heteroatoms. The molecule has 0 amide bonds. The molecule has 0 saturated heterocycles. The lowest BCUT2D eigenvalue weighted by molar-refractivity contribution is 0.148. The van der Waals surface area contributed by atoms with Crippen molar-refractivity contribution < 1.29 is 9.84 Å². The summed E-state index contributed by atoms with van der Waals surface area (Å²) < 4.78 is 5.98. The standard InChI is InChI=1S/C24H20ClNO2/c25-21-12-10-19(11-13-21)14-15-24(17-27)18-28-23-9-5-4-8-22(23)26(24)16-20-6-2-1-3-7-20/h1-13,27H,16-18H2. The SMILES string of the molecule is OCC1(C#Cc2ccc(Cl)cc2)COc2ccccc2N1Cc1ccccc1. The minimum absolute atomic E-state index is 0.144. The zero-order chi connectivity index (χ0) is 19.4. The summed E-state index contributed by atoms with van der Waals surface area (Å²) in [5.41, 5.74) is 2.07. The lowest BCUT2D eigenvalue weighted by Gasteiger charge is -2.44. The Hall–Kier alpha value is -2.93. The van der Waals surface area contributed by atoms with Gasteiger partial charge in [-0.2, -0.15) is 0 Å². The van der Waals surface area contributed by atoms with E-state index in [-0.39, 0.29) is 13.2 Å². The normalized spacial score (nSPS) is 17.9. The van der Waals surface area contributed by atoms with E-state index in [1.807, 2.05) is 66.7 Å². The Labute approximate surface area is 170 Å². The van der Waals surface area contributed by atoms with Gasteiger partial charge in [-0.15, -0.1) is 0 Å². The molecule has 3 aromatic rings. The zero-order valence-electron chi connectivity index (χ0n) is 15.3. The van der Waals surface area contributed by atoms with Crippen LogP contribution in [0.25, 0.3) is 0 Å². The fourth-order valence-corrected chi connectivity index (χ4v) is 3.43. The third kappa shape index (κ3) is 3.71. The molecule has 3 nitrogen and oxygen atoms in total. The number of aliphatic hydroxyl groups is 1. The van der Waals surface area contributed by atoms with Gasteiger partial charge in [0.15, 0.2) is 5.54 Å². The molecule has 0 saturated carbocycles. The smallest absolute Gasteiger partial charge is 0.160 e. The zero-order valence-corrected chi connectivity index (χ0v) is 16.1. The Morgan fingerprint density at radius 2 is 1.68 bits per heavy atom. The second-order valence-corrected chi connectivity index (χ2v) is 7.21. The van der Waals surface area contributed by atoms with Gasteiger partial charge in [-0.1, -0.05) is 65.9 Å². The van der Waals surface area contributed by atoms with Crippen molar-refractivity contribution in [3.8, 4) is 17.6 Å². The minimum atomic E-state index is -0.843. The number of fused-ring (bicyclic) bond motifs is 1. The molecule has 4 rings (SSSR count). The maximum absolute atomic E-state index is 10.4. The van der Waals surface area contributed by atoms with Crippen molar-refractivity contribution in [2.45, 2.75) is 12.1 Å². The highest BCUT2D eigenvalue weighted by Gasteiger charge is 2.40. The van der Waals surface area contributed by atoms with Crippen LogP contribution in [0.4, 0.5) is 5.69 Å². The highest BCUT2D eigenvalue weighted by atomic mass is 35.5. The number of nitrogens with zero attached hydrogens (tertiary/aromatic N) is 1. The van der Waals surface area contributed by atoms with Gasteiger partial charge in [-0.3, -0.25) is 0 Å². The van der Waals surface area contributed by atoms with E-state index in [2.05, 4.69) is 28.9 Å². The van der Waals surface area contributed by atoms with Gasteiger partial charge in [0.25, 0.3) is 0 Å². The van der Waals surface area contributed by atoms with Gasteiger partial charge in [0.05, 0.1) is 12.3 Å². The van der Waals surface area contributed by atoms with Crippen molar-refractivity contribution >= 4 is 17.3 Å². The molecule has 3 aromatic carbocycles. The predicted molar refractivity (Wildman–Crippen MR) is 113 cm³/mol. The van der Waals surface area contributed by atoms with Crippen LogP contribution in [-0.2, 0) is 6.54 Å². The van der Waals surface area contributed by atoms with Crippen molar-refractivity contribution in [3.05, 3.63) is 95.0 Å². The van der Waals surface area contributed by atoms with Gasteiger partial charge < -0.3 is 14.7 Å². The van der Waals surface area contributed by atoms with Crippen molar-refractivity contribution in [1.29, 1.82) is 0 Å². The second-order valence-electron chi connectivity index (χ2n) is 6.77. The number of para-hydroxylation sites is 2. The highest BCUT2D eigenvalue weighted by Crippen LogP contribution is 2.39. The number of benzene rings is 3. The molecule has 0 radical (unpaired) electrons. The summed E-state index contributed by atoms with van der Waals surface area (Å²) in [6.45, 7) is 0.764. The van der Waals surface area contributed by atoms with Crippen LogP contribution >= 0.6 is 11.6 Å². The summed E-state index contributed by atoms with van der Waals surface area (Å²) in [7, 11) is 0. The van der Waals surface area contributed by atoms with Crippen LogP contribution in [0, 0.1) is 11.8 Å². The molecular weight excluding hydrogens is 370 g/mol. The molecule has 28 heavy (non-hydrogen) atoms. The quantitative estimate of drug-likeness (QED) is 0.668. The second kappa shape index (κ2) is 7.98. The van der Waals surface area contributed by atoms with Crippen LogP contribution in [0.5, 0.6) is 5.75 Å². The van der Waals surface area contributed by atoms with E-state index in [0.717, 1.165) is 22.6 Å². The van der Waals surface area contributed by atoms with Crippen molar-refractivity contribution in [2.75, 3.05) is 18.1 Å². The molecule has 1 aliphatic heterocycles. The predicted octanol–water partition coefficient (Wildman–Crippen LogP) is 4.52. The molecule has 0 spiro atoms. The van der Waals surface area contributed by atoms with E-state index in [1.54, 1.807) is 0 Å². The Bertz CT molecular complexity index is 1010. The molecular formula is C24H20ClNO2. The largest absolute Gasteiger partial charge is 0.488 e. The van der Waals surface area contributed by atoms with E-state index >= 15 is 0 Å². The Morgan fingerprint density at radius 1 is 0.964 bits per heavy atom. The molecule has 0 aliphatic carbocycles. The Morgan fingerprint density at radius 3 is 2.43 bits per heavy atom. The molecule has 1 N–H and O–H groups in total. The third-order valence-electron chi connectivity index (χ3n) is 4.87. The number of rotatable bonds is 3. The van der Waals surface area contributed by atoms with Gasteiger partial charge in [-0.05, 0) is 42.0 Å². The van der Waals surface area contributed by atoms with Crippen molar-refractivity contribution in [3.63, 3.8) is 0 Å². The van der Waals surface area contributed by atoms with Crippen molar-refractivity contribution in [2.24, 2.45) is 0 Å². The first kappa shape index (κ1) is 18.4. The Balaban J connectivity index is 1.76. The number of halogens is 1. The summed E-state index contributed by atoms with van der Waals surface area (Å²) in [6.07, 6.45) is 0. The van der Waals surface area contributed by atoms with E-state index in [0.29, 0.717) is 11.6 Å². The van der Waals surface area contributed by atoms with Gasteiger partial charge >= 0.3 is 0 Å². The first-order valence-corrected chi connectivity index (χ1v) is 9.51.